The number of hydrogen-bond donors (Lipinski definition) is 1. The smallest absolute Gasteiger partial charge is 0.317 e. The summed E-state index contributed by atoms with van der Waals surface area (Å²) in [6.07, 6.45) is 3.75. The molecule has 1 fully saturated rings. The molecule has 0 atom stereocenters. The van der Waals surface area contributed by atoms with Crippen molar-refractivity contribution in [2.75, 3.05) is 0 Å². The Morgan fingerprint density at radius 2 is 2.27 bits per heavy atom. The van der Waals surface area contributed by atoms with Gasteiger partial charge in [0.15, 0.2) is 0 Å². The normalized spacial score (nSPS) is 18.9. The van der Waals surface area contributed by atoms with Crippen LogP contribution in [0.4, 0.5) is 0 Å². The Labute approximate surface area is 88.1 Å². The van der Waals surface area contributed by atoms with Crippen LogP contribution in [0.1, 0.15) is 45.0 Å². The molecule has 15 heavy (non-hydrogen) atoms. The fraction of sp³-hybridized carbons (Fsp3) is 0.700. The van der Waals surface area contributed by atoms with E-state index in [2.05, 4.69) is 10.1 Å². The van der Waals surface area contributed by atoms with Crippen molar-refractivity contribution in [3.63, 3.8) is 0 Å². The van der Waals surface area contributed by atoms with Crippen molar-refractivity contribution in [2.24, 2.45) is 0 Å². The van der Waals surface area contributed by atoms with Crippen LogP contribution in [0.25, 0.3) is 0 Å². The minimum atomic E-state index is -0.777. The molecule has 1 aromatic heterocycles. The minimum absolute atomic E-state index is 0.152. The van der Waals surface area contributed by atoms with Crippen LogP contribution >= 0.6 is 0 Å². The average Bonchev–Trinajstić information content (AvgIpc) is 2.49. The molecule has 0 saturated heterocycles. The minimum Gasteiger partial charge on any atom is -0.480 e. The van der Waals surface area contributed by atoms with Gasteiger partial charge in [0.2, 0.25) is 0 Å². The number of carboxylic acids is 1. The zero-order valence-corrected chi connectivity index (χ0v) is 8.97. The molecule has 82 valence electrons. The van der Waals surface area contributed by atoms with E-state index in [1.165, 1.54) is 6.33 Å². The number of hydrogen-bond acceptors (Lipinski definition) is 3. The summed E-state index contributed by atoms with van der Waals surface area (Å²) in [7, 11) is 0. The molecule has 5 heteroatoms. The third-order valence-electron chi connectivity index (χ3n) is 3.11. The van der Waals surface area contributed by atoms with Crippen LogP contribution in [-0.4, -0.2) is 25.8 Å². The Bertz CT molecular complexity index is 380. The lowest BCUT2D eigenvalue weighted by atomic mass is 9.68. The third kappa shape index (κ3) is 1.33. The van der Waals surface area contributed by atoms with Gasteiger partial charge in [-0.15, -0.1) is 0 Å². The molecule has 0 bridgehead atoms. The molecular weight excluding hydrogens is 194 g/mol. The molecule has 0 spiro atoms. The van der Waals surface area contributed by atoms with E-state index >= 15 is 0 Å². The van der Waals surface area contributed by atoms with Gasteiger partial charge in [0.1, 0.15) is 17.6 Å². The Kier molecular flexibility index (Phi) is 2.25. The van der Waals surface area contributed by atoms with Crippen molar-refractivity contribution >= 4 is 5.97 Å². The van der Waals surface area contributed by atoms with E-state index in [1.807, 2.05) is 13.8 Å². The number of carbonyl (C=O) groups is 1. The first-order valence-electron chi connectivity index (χ1n) is 5.21. The quantitative estimate of drug-likeness (QED) is 0.816. The van der Waals surface area contributed by atoms with Crippen LogP contribution in [-0.2, 0) is 10.2 Å². The van der Waals surface area contributed by atoms with Gasteiger partial charge in [0.25, 0.3) is 0 Å². The van der Waals surface area contributed by atoms with Crippen LogP contribution in [0, 0.1) is 0 Å². The van der Waals surface area contributed by atoms with E-state index in [9.17, 15) is 9.90 Å². The van der Waals surface area contributed by atoms with Gasteiger partial charge in [-0.2, -0.15) is 5.10 Å². The second kappa shape index (κ2) is 3.32. The standard InChI is InChI=1S/C10H15N3O2/c1-7(2)13-8(11-6-12-13)10(9(14)15)4-3-5-10/h6-7H,3-5H2,1-2H3,(H,14,15). The van der Waals surface area contributed by atoms with E-state index < -0.39 is 11.4 Å². The van der Waals surface area contributed by atoms with Crippen LogP contribution < -0.4 is 0 Å². The predicted molar refractivity (Wildman–Crippen MR) is 53.6 cm³/mol. The number of nitrogens with zero attached hydrogens (tertiary/aromatic N) is 3. The summed E-state index contributed by atoms with van der Waals surface area (Å²) in [6, 6.07) is 0.152. The summed E-state index contributed by atoms with van der Waals surface area (Å²) < 4.78 is 1.72. The zero-order valence-electron chi connectivity index (χ0n) is 8.97. The highest BCUT2D eigenvalue weighted by atomic mass is 16.4. The summed E-state index contributed by atoms with van der Waals surface area (Å²) in [5.74, 6) is -0.167. The first-order valence-corrected chi connectivity index (χ1v) is 5.21. The van der Waals surface area contributed by atoms with Crippen LogP contribution in [0.3, 0.4) is 0 Å². The number of rotatable bonds is 3. The van der Waals surface area contributed by atoms with Gasteiger partial charge in [-0.25, -0.2) is 9.67 Å². The molecule has 2 rings (SSSR count). The lowest BCUT2D eigenvalue weighted by Gasteiger charge is -2.37. The maximum atomic E-state index is 11.3. The third-order valence-corrected chi connectivity index (χ3v) is 3.11. The number of aromatic nitrogens is 3. The van der Waals surface area contributed by atoms with Crippen LogP contribution in [0.5, 0.6) is 0 Å². The Morgan fingerprint density at radius 3 is 2.67 bits per heavy atom. The van der Waals surface area contributed by atoms with Crippen molar-refractivity contribution in [3.05, 3.63) is 12.2 Å². The molecule has 1 heterocycles. The SMILES string of the molecule is CC(C)n1ncnc1C1(C(=O)O)CCC1. The van der Waals surface area contributed by atoms with Crippen molar-refractivity contribution in [2.45, 2.75) is 44.6 Å². The Balaban J connectivity index is 2.43. The molecule has 0 amide bonds. The van der Waals surface area contributed by atoms with E-state index in [0.29, 0.717) is 18.7 Å². The molecule has 0 aromatic carbocycles. The molecular formula is C10H15N3O2. The Hall–Kier alpha value is -1.39. The van der Waals surface area contributed by atoms with E-state index in [0.717, 1.165) is 6.42 Å². The van der Waals surface area contributed by atoms with Crippen LogP contribution in [0.15, 0.2) is 6.33 Å². The topological polar surface area (TPSA) is 68.0 Å². The van der Waals surface area contributed by atoms with Crippen molar-refractivity contribution < 1.29 is 9.90 Å². The number of carboxylic acid groups (broad SMARTS) is 1. The van der Waals surface area contributed by atoms with E-state index in [1.54, 1.807) is 4.68 Å². The summed E-state index contributed by atoms with van der Waals surface area (Å²) >= 11 is 0. The van der Waals surface area contributed by atoms with Gasteiger partial charge in [0, 0.05) is 6.04 Å². The highest BCUT2D eigenvalue weighted by molar-refractivity contribution is 5.81. The maximum Gasteiger partial charge on any atom is 0.317 e. The second-order valence-electron chi connectivity index (χ2n) is 4.36. The molecule has 0 aliphatic heterocycles. The second-order valence-corrected chi connectivity index (χ2v) is 4.36. The molecule has 0 unspecified atom stereocenters. The van der Waals surface area contributed by atoms with Gasteiger partial charge in [-0.3, -0.25) is 4.79 Å². The van der Waals surface area contributed by atoms with Gasteiger partial charge in [0.05, 0.1) is 0 Å². The molecule has 1 aromatic rings. The summed E-state index contributed by atoms with van der Waals surface area (Å²) in [4.78, 5) is 15.4. The summed E-state index contributed by atoms with van der Waals surface area (Å²) in [5, 5.41) is 13.4. The largest absolute Gasteiger partial charge is 0.480 e. The predicted octanol–water partition coefficient (Wildman–Crippen LogP) is 1.37. The maximum absolute atomic E-state index is 11.3. The van der Waals surface area contributed by atoms with E-state index in [4.69, 9.17) is 0 Å². The Morgan fingerprint density at radius 1 is 1.60 bits per heavy atom. The van der Waals surface area contributed by atoms with Gasteiger partial charge >= 0.3 is 5.97 Å². The molecule has 5 nitrogen and oxygen atoms in total. The molecule has 0 radical (unpaired) electrons. The van der Waals surface area contributed by atoms with Gasteiger partial charge in [-0.1, -0.05) is 6.42 Å². The monoisotopic (exact) mass is 209 g/mol. The van der Waals surface area contributed by atoms with Crippen LogP contribution in [0.2, 0.25) is 0 Å². The highest BCUT2D eigenvalue weighted by Gasteiger charge is 2.49. The zero-order chi connectivity index (χ0) is 11.1. The summed E-state index contributed by atoms with van der Waals surface area (Å²) in [5.41, 5.74) is -0.777. The van der Waals surface area contributed by atoms with E-state index in [-0.39, 0.29) is 6.04 Å². The lowest BCUT2D eigenvalue weighted by Crippen LogP contribution is -2.45. The fourth-order valence-corrected chi connectivity index (χ4v) is 2.03. The average molecular weight is 209 g/mol. The van der Waals surface area contributed by atoms with Crippen molar-refractivity contribution in [3.8, 4) is 0 Å². The van der Waals surface area contributed by atoms with Gasteiger partial charge in [-0.05, 0) is 26.7 Å². The van der Waals surface area contributed by atoms with Crippen molar-refractivity contribution in [1.82, 2.24) is 14.8 Å². The molecule has 1 aliphatic rings. The number of aliphatic carboxylic acids is 1. The molecule has 1 aliphatic carbocycles. The lowest BCUT2D eigenvalue weighted by molar-refractivity contribution is -0.148. The fourth-order valence-electron chi connectivity index (χ4n) is 2.03. The first-order chi connectivity index (χ1) is 7.08. The van der Waals surface area contributed by atoms with Crippen molar-refractivity contribution in [1.29, 1.82) is 0 Å². The summed E-state index contributed by atoms with van der Waals surface area (Å²) in [6.45, 7) is 3.96. The highest BCUT2D eigenvalue weighted by Crippen LogP contribution is 2.43. The first kappa shape index (κ1) is 10.1. The van der Waals surface area contributed by atoms with Gasteiger partial charge < -0.3 is 5.11 Å². The molecule has 1 saturated carbocycles. The molecule has 1 N–H and O–H groups in total.